The molecule has 0 saturated carbocycles. The van der Waals surface area contributed by atoms with Gasteiger partial charge in [-0.1, -0.05) is 12.1 Å². The second-order valence-corrected chi connectivity index (χ2v) is 10.4. The first-order valence-electron chi connectivity index (χ1n) is 13.4. The van der Waals surface area contributed by atoms with Crippen molar-refractivity contribution in [2.75, 3.05) is 57.8 Å². The summed E-state index contributed by atoms with van der Waals surface area (Å²) in [4.78, 5) is 43.7. The van der Waals surface area contributed by atoms with Gasteiger partial charge in [0, 0.05) is 57.1 Å². The summed E-state index contributed by atoms with van der Waals surface area (Å²) in [5.41, 5.74) is 2.91. The van der Waals surface area contributed by atoms with E-state index in [4.69, 9.17) is 4.74 Å². The first-order chi connectivity index (χ1) is 18.4. The molecule has 2 fully saturated rings. The van der Waals surface area contributed by atoms with Crippen LogP contribution in [0.25, 0.3) is 0 Å². The van der Waals surface area contributed by atoms with Gasteiger partial charge in [-0.05, 0) is 55.0 Å². The minimum absolute atomic E-state index is 0.0377. The van der Waals surface area contributed by atoms with Crippen LogP contribution in [0.4, 0.5) is 11.4 Å². The van der Waals surface area contributed by atoms with Crippen LogP contribution in [0, 0.1) is 16.0 Å². The van der Waals surface area contributed by atoms with Gasteiger partial charge in [-0.25, -0.2) is 0 Å². The molecule has 2 aromatic rings. The Labute approximate surface area is 222 Å². The second-order valence-electron chi connectivity index (χ2n) is 10.4. The summed E-state index contributed by atoms with van der Waals surface area (Å²) in [6, 6.07) is 12.6. The van der Waals surface area contributed by atoms with E-state index in [-0.39, 0.29) is 29.5 Å². The van der Waals surface area contributed by atoms with Gasteiger partial charge in [-0.15, -0.1) is 0 Å². The number of ether oxygens (including phenoxy) is 1. The molecular formula is C28H35N5O5. The molecule has 10 nitrogen and oxygen atoms in total. The lowest BCUT2D eigenvalue weighted by molar-refractivity contribution is -0.384. The number of piperazine rings is 1. The molecule has 2 atom stereocenters. The largest absolute Gasteiger partial charge is 0.497 e. The van der Waals surface area contributed by atoms with Gasteiger partial charge in [0.2, 0.25) is 11.8 Å². The maximum absolute atomic E-state index is 13.5. The van der Waals surface area contributed by atoms with E-state index in [0.29, 0.717) is 45.6 Å². The van der Waals surface area contributed by atoms with Gasteiger partial charge in [-0.3, -0.25) is 24.6 Å². The number of non-ortho nitro benzene ring substituents is 1. The van der Waals surface area contributed by atoms with E-state index in [2.05, 4.69) is 15.1 Å². The lowest BCUT2D eigenvalue weighted by atomic mass is 9.83. The van der Waals surface area contributed by atoms with Crippen molar-refractivity contribution in [2.24, 2.45) is 5.92 Å². The molecule has 38 heavy (non-hydrogen) atoms. The van der Waals surface area contributed by atoms with E-state index >= 15 is 0 Å². The number of carbonyl (C=O) groups is 2. The van der Waals surface area contributed by atoms with Crippen LogP contribution in [0.1, 0.15) is 24.0 Å². The quantitative estimate of drug-likeness (QED) is 0.419. The molecule has 0 unspecified atom stereocenters. The number of nitro benzene ring substituents is 1. The lowest BCUT2D eigenvalue weighted by Gasteiger charge is -2.49. The van der Waals surface area contributed by atoms with E-state index in [1.807, 2.05) is 35.2 Å². The summed E-state index contributed by atoms with van der Waals surface area (Å²) in [6.07, 6.45) is 3.24. The van der Waals surface area contributed by atoms with Crippen LogP contribution in [0.15, 0.2) is 42.5 Å². The number of hydrogen-bond donors (Lipinski definition) is 1. The molecule has 202 valence electrons. The Balaban J connectivity index is 1.30. The number of amides is 2. The standard InChI is InChI=1S/C28H35N5O5/c1-38-23-7-4-20(5-8-23)10-11-29-28(35)24-17-21-16-22(33(36)37)6-9-25(21)32-15-14-30(18-26(24)32)19-27(34)31-12-2-3-13-31/h4-9,16,24,26H,2-3,10-15,17-19H2,1H3,(H,29,35)/t24-,26-/m0/s1. The number of likely N-dealkylation sites (tertiary alicyclic amines) is 1. The first-order valence-corrected chi connectivity index (χ1v) is 13.4. The number of nitrogens with zero attached hydrogens (tertiary/aromatic N) is 4. The molecule has 2 aromatic carbocycles. The average molecular weight is 522 g/mol. The third-order valence-electron chi connectivity index (χ3n) is 8.02. The Kier molecular flexibility index (Phi) is 7.78. The van der Waals surface area contributed by atoms with Crippen molar-refractivity contribution in [1.82, 2.24) is 15.1 Å². The number of anilines is 1. The second kappa shape index (κ2) is 11.4. The van der Waals surface area contributed by atoms with Crippen LogP contribution in [0.2, 0.25) is 0 Å². The summed E-state index contributed by atoms with van der Waals surface area (Å²) >= 11 is 0. The highest BCUT2D eigenvalue weighted by atomic mass is 16.6. The smallest absolute Gasteiger partial charge is 0.269 e. The maximum atomic E-state index is 13.5. The molecule has 0 aromatic heterocycles. The van der Waals surface area contributed by atoms with Crippen molar-refractivity contribution < 1.29 is 19.2 Å². The summed E-state index contributed by atoms with van der Waals surface area (Å²) in [5, 5.41) is 14.5. The fourth-order valence-electron chi connectivity index (χ4n) is 5.94. The molecule has 3 aliphatic rings. The fourth-order valence-corrected chi connectivity index (χ4v) is 5.94. The van der Waals surface area contributed by atoms with Crippen LogP contribution < -0.4 is 15.0 Å². The number of nitrogens with one attached hydrogen (secondary N) is 1. The van der Waals surface area contributed by atoms with E-state index in [0.717, 1.165) is 48.5 Å². The molecule has 0 aliphatic carbocycles. The maximum Gasteiger partial charge on any atom is 0.269 e. The Morgan fingerprint density at radius 3 is 2.55 bits per heavy atom. The molecule has 0 bridgehead atoms. The number of hydrogen-bond acceptors (Lipinski definition) is 7. The Bertz CT molecular complexity index is 1180. The molecule has 2 amide bonds. The minimum Gasteiger partial charge on any atom is -0.497 e. The number of carbonyl (C=O) groups excluding carboxylic acids is 2. The minimum atomic E-state index is -0.391. The summed E-state index contributed by atoms with van der Waals surface area (Å²) in [6.45, 7) is 4.49. The average Bonchev–Trinajstić information content (AvgIpc) is 3.48. The zero-order valence-electron chi connectivity index (χ0n) is 21.8. The number of rotatable bonds is 8. The molecule has 3 aliphatic heterocycles. The highest BCUT2D eigenvalue weighted by Crippen LogP contribution is 2.38. The summed E-state index contributed by atoms with van der Waals surface area (Å²) in [7, 11) is 1.63. The van der Waals surface area contributed by atoms with Gasteiger partial charge in [-0.2, -0.15) is 0 Å². The molecule has 1 N–H and O–H groups in total. The van der Waals surface area contributed by atoms with Crippen molar-refractivity contribution in [3.8, 4) is 5.75 Å². The first kappa shape index (κ1) is 26.0. The van der Waals surface area contributed by atoms with Gasteiger partial charge in [0.15, 0.2) is 0 Å². The number of methoxy groups -OCH3 is 1. The molecule has 0 radical (unpaired) electrons. The third-order valence-corrected chi connectivity index (χ3v) is 8.02. The highest BCUT2D eigenvalue weighted by Gasteiger charge is 2.42. The van der Waals surface area contributed by atoms with Crippen molar-refractivity contribution in [2.45, 2.75) is 31.7 Å². The predicted octanol–water partition coefficient (Wildman–Crippen LogP) is 2.25. The van der Waals surface area contributed by atoms with Gasteiger partial charge >= 0.3 is 0 Å². The Hall–Kier alpha value is -3.66. The summed E-state index contributed by atoms with van der Waals surface area (Å²) in [5.74, 6) is 0.518. The van der Waals surface area contributed by atoms with Crippen LogP contribution in [0.5, 0.6) is 5.75 Å². The van der Waals surface area contributed by atoms with Gasteiger partial charge in [0.1, 0.15) is 5.75 Å². The topological polar surface area (TPSA) is 108 Å². The van der Waals surface area contributed by atoms with Crippen LogP contribution in [0.3, 0.4) is 0 Å². The zero-order chi connectivity index (χ0) is 26.6. The summed E-state index contributed by atoms with van der Waals surface area (Å²) < 4.78 is 5.21. The monoisotopic (exact) mass is 521 g/mol. The number of nitro groups is 1. The number of benzene rings is 2. The van der Waals surface area contributed by atoms with Crippen LogP contribution >= 0.6 is 0 Å². The third kappa shape index (κ3) is 5.60. The molecule has 10 heteroatoms. The van der Waals surface area contributed by atoms with Crippen molar-refractivity contribution in [3.63, 3.8) is 0 Å². The van der Waals surface area contributed by atoms with E-state index in [1.165, 1.54) is 6.07 Å². The van der Waals surface area contributed by atoms with Crippen molar-refractivity contribution in [3.05, 3.63) is 63.7 Å². The SMILES string of the molecule is COc1ccc(CCNC(=O)[C@H]2Cc3cc([N+](=O)[O-])ccc3N3CCN(CC(=O)N4CCCC4)C[C@@H]23)cc1. The fraction of sp³-hybridized carbons (Fsp3) is 0.500. The van der Waals surface area contributed by atoms with E-state index < -0.39 is 4.92 Å². The van der Waals surface area contributed by atoms with Gasteiger partial charge in [0.25, 0.3) is 5.69 Å². The number of fused-ring (bicyclic) bond motifs is 3. The van der Waals surface area contributed by atoms with Gasteiger partial charge < -0.3 is 19.9 Å². The van der Waals surface area contributed by atoms with Crippen molar-refractivity contribution >= 4 is 23.2 Å². The van der Waals surface area contributed by atoms with Gasteiger partial charge in [0.05, 0.1) is 30.5 Å². The molecule has 5 rings (SSSR count). The Morgan fingerprint density at radius 2 is 1.84 bits per heavy atom. The van der Waals surface area contributed by atoms with Crippen LogP contribution in [-0.4, -0.2) is 85.5 Å². The predicted molar refractivity (Wildman–Crippen MR) is 143 cm³/mol. The molecular weight excluding hydrogens is 486 g/mol. The lowest BCUT2D eigenvalue weighted by Crippen LogP contribution is -2.62. The zero-order valence-corrected chi connectivity index (χ0v) is 21.8. The van der Waals surface area contributed by atoms with E-state index in [1.54, 1.807) is 13.2 Å². The molecule has 2 saturated heterocycles. The molecule has 3 heterocycles. The van der Waals surface area contributed by atoms with E-state index in [9.17, 15) is 19.7 Å². The van der Waals surface area contributed by atoms with Crippen LogP contribution in [-0.2, 0) is 22.4 Å². The highest BCUT2D eigenvalue weighted by molar-refractivity contribution is 5.82. The normalized spacial score (nSPS) is 21.0. The Morgan fingerprint density at radius 1 is 1.08 bits per heavy atom. The molecule has 0 spiro atoms. The van der Waals surface area contributed by atoms with Crippen molar-refractivity contribution in [1.29, 1.82) is 0 Å².